The molecular weight excluding hydrogens is 267 g/mol. The van der Waals surface area contributed by atoms with Gasteiger partial charge in [-0.05, 0) is 31.9 Å². The smallest absolute Gasteiger partial charge is 0.223 e. The van der Waals surface area contributed by atoms with E-state index < -0.39 is 0 Å². The van der Waals surface area contributed by atoms with Gasteiger partial charge in [-0.3, -0.25) is 9.69 Å². The Bertz CT molecular complexity index is 501. The Labute approximate surface area is 125 Å². The van der Waals surface area contributed by atoms with Gasteiger partial charge in [-0.2, -0.15) is 0 Å². The Morgan fingerprint density at radius 2 is 2.29 bits per heavy atom. The Morgan fingerprint density at radius 3 is 3.05 bits per heavy atom. The zero-order valence-electron chi connectivity index (χ0n) is 12.5. The second kappa shape index (κ2) is 7.93. The average Bonchev–Trinajstić information content (AvgIpc) is 2.93. The number of carbonyl (C=O) groups is 1. The van der Waals surface area contributed by atoms with Crippen molar-refractivity contribution in [3.63, 3.8) is 0 Å². The van der Waals surface area contributed by atoms with Crippen molar-refractivity contribution in [2.75, 3.05) is 19.6 Å². The monoisotopic (exact) mass is 290 g/mol. The zero-order valence-corrected chi connectivity index (χ0v) is 12.5. The van der Waals surface area contributed by atoms with E-state index in [-0.39, 0.29) is 11.7 Å². The second-order valence-electron chi connectivity index (χ2n) is 5.56. The van der Waals surface area contributed by atoms with Crippen LogP contribution in [0.15, 0.2) is 36.4 Å². The standard InChI is InChI=1S/C17H23FN2O/c1-2-3-8-17(21)19-11-14-9-10-20(12-14)13-15-6-4-5-7-16(15)18/h2-7,14H,8-13H2,1H3,(H,19,21). The van der Waals surface area contributed by atoms with Crippen molar-refractivity contribution in [3.05, 3.63) is 47.8 Å². The Kier molecular flexibility index (Phi) is 5.93. The molecule has 2 rings (SSSR count). The number of rotatable bonds is 6. The molecule has 1 atom stereocenters. The van der Waals surface area contributed by atoms with Gasteiger partial charge in [-0.15, -0.1) is 0 Å². The van der Waals surface area contributed by atoms with E-state index in [0.717, 1.165) is 25.1 Å². The first kappa shape index (κ1) is 15.7. The van der Waals surface area contributed by atoms with Gasteiger partial charge in [-0.1, -0.05) is 30.4 Å². The summed E-state index contributed by atoms with van der Waals surface area (Å²) in [7, 11) is 0. The second-order valence-corrected chi connectivity index (χ2v) is 5.56. The van der Waals surface area contributed by atoms with Crippen molar-refractivity contribution in [2.24, 2.45) is 5.92 Å². The lowest BCUT2D eigenvalue weighted by molar-refractivity contribution is -0.120. The van der Waals surface area contributed by atoms with Gasteiger partial charge in [0.25, 0.3) is 0 Å². The summed E-state index contributed by atoms with van der Waals surface area (Å²) in [6.07, 6.45) is 5.24. The van der Waals surface area contributed by atoms with E-state index in [1.807, 2.05) is 31.2 Å². The molecule has 1 fully saturated rings. The van der Waals surface area contributed by atoms with Crippen molar-refractivity contribution in [2.45, 2.75) is 26.3 Å². The molecule has 0 radical (unpaired) electrons. The van der Waals surface area contributed by atoms with Crippen LogP contribution in [0.25, 0.3) is 0 Å². The van der Waals surface area contributed by atoms with Crippen LogP contribution in [0.1, 0.15) is 25.3 Å². The lowest BCUT2D eigenvalue weighted by Gasteiger charge is -2.16. The number of allylic oxidation sites excluding steroid dienone is 1. The quantitative estimate of drug-likeness (QED) is 0.817. The molecule has 0 bridgehead atoms. The molecule has 114 valence electrons. The number of benzene rings is 1. The molecule has 1 aromatic rings. The van der Waals surface area contributed by atoms with Crippen LogP contribution in [-0.2, 0) is 11.3 Å². The van der Waals surface area contributed by atoms with Crippen LogP contribution >= 0.6 is 0 Å². The summed E-state index contributed by atoms with van der Waals surface area (Å²) in [4.78, 5) is 13.8. The summed E-state index contributed by atoms with van der Waals surface area (Å²) < 4.78 is 13.6. The fraction of sp³-hybridized carbons (Fsp3) is 0.471. The van der Waals surface area contributed by atoms with Gasteiger partial charge >= 0.3 is 0 Å². The SMILES string of the molecule is CC=CCC(=O)NCC1CCN(Cc2ccccc2F)C1. The van der Waals surface area contributed by atoms with Crippen molar-refractivity contribution in [1.82, 2.24) is 10.2 Å². The number of hydrogen-bond acceptors (Lipinski definition) is 2. The summed E-state index contributed by atoms with van der Waals surface area (Å²) in [5.41, 5.74) is 0.746. The highest BCUT2D eigenvalue weighted by atomic mass is 19.1. The Balaban J connectivity index is 1.74. The minimum atomic E-state index is -0.138. The summed E-state index contributed by atoms with van der Waals surface area (Å²) in [6, 6.07) is 6.92. The lowest BCUT2D eigenvalue weighted by Crippen LogP contribution is -2.30. The minimum Gasteiger partial charge on any atom is -0.356 e. The summed E-state index contributed by atoms with van der Waals surface area (Å²) >= 11 is 0. The van der Waals surface area contributed by atoms with Crippen LogP contribution in [0.2, 0.25) is 0 Å². The maximum atomic E-state index is 13.6. The zero-order chi connectivity index (χ0) is 15.1. The van der Waals surface area contributed by atoms with Crippen LogP contribution in [0.3, 0.4) is 0 Å². The van der Waals surface area contributed by atoms with Crippen LogP contribution < -0.4 is 5.32 Å². The normalized spacial score (nSPS) is 19.2. The first-order chi connectivity index (χ1) is 10.2. The number of nitrogens with one attached hydrogen (secondary N) is 1. The molecule has 1 unspecified atom stereocenters. The molecule has 21 heavy (non-hydrogen) atoms. The van der Waals surface area contributed by atoms with Crippen LogP contribution in [0, 0.1) is 11.7 Å². The van der Waals surface area contributed by atoms with Gasteiger partial charge in [0.2, 0.25) is 5.91 Å². The molecule has 1 aromatic carbocycles. The maximum Gasteiger partial charge on any atom is 0.223 e. The number of nitrogens with zero attached hydrogens (tertiary/aromatic N) is 1. The molecule has 0 aromatic heterocycles. The van der Waals surface area contributed by atoms with Gasteiger partial charge in [0.15, 0.2) is 0 Å². The van der Waals surface area contributed by atoms with E-state index in [4.69, 9.17) is 0 Å². The fourth-order valence-corrected chi connectivity index (χ4v) is 2.65. The predicted octanol–water partition coefficient (Wildman–Crippen LogP) is 2.73. The molecule has 4 heteroatoms. The molecule has 1 amide bonds. The number of halogens is 1. The molecule has 0 spiro atoms. The van der Waals surface area contributed by atoms with E-state index in [2.05, 4.69) is 10.2 Å². The third kappa shape index (κ3) is 4.97. The average molecular weight is 290 g/mol. The van der Waals surface area contributed by atoms with E-state index in [0.29, 0.717) is 25.4 Å². The summed E-state index contributed by atoms with van der Waals surface area (Å²) in [5, 5.41) is 2.96. The van der Waals surface area contributed by atoms with E-state index in [9.17, 15) is 9.18 Å². The molecule has 0 aliphatic carbocycles. The fourth-order valence-electron chi connectivity index (χ4n) is 2.65. The third-order valence-electron chi connectivity index (χ3n) is 3.85. The molecule has 1 aliphatic rings. The number of likely N-dealkylation sites (tertiary alicyclic amines) is 1. The van der Waals surface area contributed by atoms with Gasteiger partial charge in [0.1, 0.15) is 5.82 Å². The first-order valence-corrected chi connectivity index (χ1v) is 7.52. The van der Waals surface area contributed by atoms with Gasteiger partial charge < -0.3 is 5.32 Å². The highest BCUT2D eigenvalue weighted by molar-refractivity contribution is 5.77. The summed E-state index contributed by atoms with van der Waals surface area (Å²) in [6.45, 7) is 5.15. The molecule has 1 N–H and O–H groups in total. The van der Waals surface area contributed by atoms with Gasteiger partial charge in [0, 0.05) is 31.6 Å². The van der Waals surface area contributed by atoms with Crippen LogP contribution in [0.5, 0.6) is 0 Å². The van der Waals surface area contributed by atoms with Crippen molar-refractivity contribution >= 4 is 5.91 Å². The Hall–Kier alpha value is -1.68. The largest absolute Gasteiger partial charge is 0.356 e. The third-order valence-corrected chi connectivity index (χ3v) is 3.85. The maximum absolute atomic E-state index is 13.6. The molecule has 3 nitrogen and oxygen atoms in total. The number of carbonyl (C=O) groups excluding carboxylic acids is 1. The molecule has 1 saturated heterocycles. The van der Waals surface area contributed by atoms with Crippen LogP contribution in [0.4, 0.5) is 4.39 Å². The van der Waals surface area contributed by atoms with Crippen molar-refractivity contribution in [3.8, 4) is 0 Å². The van der Waals surface area contributed by atoms with E-state index in [1.165, 1.54) is 6.07 Å². The Morgan fingerprint density at radius 1 is 1.48 bits per heavy atom. The molecular formula is C17H23FN2O. The van der Waals surface area contributed by atoms with Crippen LogP contribution in [-0.4, -0.2) is 30.4 Å². The molecule has 0 saturated carbocycles. The lowest BCUT2D eigenvalue weighted by atomic mass is 10.1. The van der Waals surface area contributed by atoms with Crippen molar-refractivity contribution < 1.29 is 9.18 Å². The highest BCUT2D eigenvalue weighted by Gasteiger charge is 2.23. The topological polar surface area (TPSA) is 32.3 Å². The first-order valence-electron chi connectivity index (χ1n) is 7.52. The number of amides is 1. The van der Waals surface area contributed by atoms with E-state index >= 15 is 0 Å². The van der Waals surface area contributed by atoms with Gasteiger partial charge in [-0.25, -0.2) is 4.39 Å². The highest BCUT2D eigenvalue weighted by Crippen LogP contribution is 2.19. The van der Waals surface area contributed by atoms with E-state index in [1.54, 1.807) is 6.07 Å². The minimum absolute atomic E-state index is 0.0700. The number of hydrogen-bond donors (Lipinski definition) is 1. The molecule has 1 heterocycles. The molecule has 1 aliphatic heterocycles. The van der Waals surface area contributed by atoms with Gasteiger partial charge in [0.05, 0.1) is 0 Å². The predicted molar refractivity (Wildman–Crippen MR) is 82.2 cm³/mol. The van der Waals surface area contributed by atoms with Crippen molar-refractivity contribution in [1.29, 1.82) is 0 Å². The summed E-state index contributed by atoms with van der Waals surface area (Å²) in [5.74, 6) is 0.396.